The van der Waals surface area contributed by atoms with Crippen molar-refractivity contribution >= 4 is 11.8 Å². The zero-order valence-corrected chi connectivity index (χ0v) is 13.3. The Kier molecular flexibility index (Phi) is 5.86. The van der Waals surface area contributed by atoms with Crippen LogP contribution in [0, 0.1) is 5.92 Å². The van der Waals surface area contributed by atoms with Crippen LogP contribution in [0.15, 0.2) is 24.3 Å². The lowest BCUT2D eigenvalue weighted by atomic mass is 10.0. The van der Waals surface area contributed by atoms with E-state index in [9.17, 15) is 4.79 Å². The maximum Gasteiger partial charge on any atom is 0.408 e. The smallest absolute Gasteiger partial charge is 0.408 e. The maximum absolute atomic E-state index is 11.1. The number of alkyl carbamates (subject to hydrolysis) is 1. The van der Waals surface area contributed by atoms with Crippen molar-refractivity contribution in [2.75, 3.05) is 19.0 Å². The summed E-state index contributed by atoms with van der Waals surface area (Å²) in [5, 5.41) is 2.74. The van der Waals surface area contributed by atoms with Gasteiger partial charge in [0, 0.05) is 19.8 Å². The fourth-order valence-electron chi connectivity index (χ4n) is 1.85. The van der Waals surface area contributed by atoms with E-state index in [0.29, 0.717) is 0 Å². The molecule has 1 aliphatic rings. The molecule has 0 unspecified atom stereocenters. The van der Waals surface area contributed by atoms with Gasteiger partial charge in [-0.05, 0) is 30.5 Å². The van der Waals surface area contributed by atoms with E-state index >= 15 is 0 Å². The minimum atomic E-state index is -0.340. The topological polar surface area (TPSA) is 41.6 Å². The molecule has 1 amide bonds. The molecule has 4 nitrogen and oxygen atoms in total. The normalized spacial score (nSPS) is 20.9. The average Bonchev–Trinajstić information content (AvgIpc) is 2.68. The van der Waals surface area contributed by atoms with E-state index in [1.807, 2.05) is 50.2 Å². The highest BCUT2D eigenvalue weighted by molar-refractivity contribution is 5.70. The van der Waals surface area contributed by atoms with Crippen LogP contribution in [0.3, 0.4) is 0 Å². The van der Waals surface area contributed by atoms with Crippen LogP contribution < -0.4 is 10.2 Å². The third-order valence-corrected chi connectivity index (χ3v) is 2.75. The van der Waals surface area contributed by atoms with Crippen LogP contribution in [-0.4, -0.2) is 26.2 Å². The van der Waals surface area contributed by atoms with Crippen molar-refractivity contribution < 1.29 is 9.53 Å². The molecule has 0 aliphatic carbocycles. The van der Waals surface area contributed by atoms with Crippen molar-refractivity contribution in [3.05, 3.63) is 29.8 Å². The zero-order chi connectivity index (χ0) is 15.3. The predicted molar refractivity (Wildman–Crippen MR) is 83.1 cm³/mol. The molecule has 1 aromatic rings. The van der Waals surface area contributed by atoms with Crippen LogP contribution in [0.5, 0.6) is 0 Å². The number of anilines is 1. The summed E-state index contributed by atoms with van der Waals surface area (Å²) in [7, 11) is 3.98. The number of hydrogen-bond donors (Lipinski definition) is 1. The number of nitrogens with zero attached hydrogens (tertiary/aromatic N) is 1. The number of carbonyl (C=O) groups excluding carboxylic acids is 1. The summed E-state index contributed by atoms with van der Waals surface area (Å²) in [6.45, 7) is 8.44. The number of hydrogen-bond acceptors (Lipinski definition) is 3. The highest BCUT2D eigenvalue weighted by Gasteiger charge is 2.31. The van der Waals surface area contributed by atoms with Gasteiger partial charge in [0.15, 0.2) is 0 Å². The van der Waals surface area contributed by atoms with E-state index in [2.05, 4.69) is 26.1 Å². The molecule has 1 saturated heterocycles. The van der Waals surface area contributed by atoms with Gasteiger partial charge in [-0.15, -0.1) is 0 Å². The molecule has 20 heavy (non-hydrogen) atoms. The standard InChI is InChI=1S/C12H16N2O2.C4H10/c1-8-11(16-12(15)13-8)9-5-4-6-10(7-9)14(2)3;1-4(2)3/h4-8,11H,1-3H3,(H,13,15);4H,1-3H3/t8-,11-;/m0./s1. The van der Waals surface area contributed by atoms with Crippen molar-refractivity contribution in [2.45, 2.75) is 39.8 Å². The Labute approximate surface area is 122 Å². The molecular weight excluding hydrogens is 252 g/mol. The third kappa shape index (κ3) is 4.76. The van der Waals surface area contributed by atoms with Crippen LogP contribution >= 0.6 is 0 Å². The Hall–Kier alpha value is -1.71. The summed E-state index contributed by atoms with van der Waals surface area (Å²) in [5.41, 5.74) is 2.13. The molecule has 0 aromatic heterocycles. The van der Waals surface area contributed by atoms with Gasteiger partial charge in [-0.1, -0.05) is 32.9 Å². The fourth-order valence-corrected chi connectivity index (χ4v) is 1.85. The van der Waals surface area contributed by atoms with Crippen molar-refractivity contribution in [3.63, 3.8) is 0 Å². The highest BCUT2D eigenvalue weighted by atomic mass is 16.6. The number of benzene rings is 1. The van der Waals surface area contributed by atoms with Crippen LogP contribution in [0.4, 0.5) is 10.5 Å². The van der Waals surface area contributed by atoms with Crippen LogP contribution in [0.25, 0.3) is 0 Å². The summed E-state index contributed by atoms with van der Waals surface area (Å²) in [4.78, 5) is 13.1. The van der Waals surface area contributed by atoms with Gasteiger partial charge in [-0.25, -0.2) is 4.79 Å². The second-order valence-corrected chi connectivity index (χ2v) is 5.98. The number of rotatable bonds is 2. The lowest BCUT2D eigenvalue weighted by Gasteiger charge is -2.17. The summed E-state index contributed by atoms with van der Waals surface area (Å²) >= 11 is 0. The highest BCUT2D eigenvalue weighted by Crippen LogP contribution is 2.28. The number of carbonyl (C=O) groups is 1. The van der Waals surface area contributed by atoms with Gasteiger partial charge in [-0.2, -0.15) is 0 Å². The molecule has 0 radical (unpaired) electrons. The number of ether oxygens (including phenoxy) is 1. The van der Waals surface area contributed by atoms with Crippen molar-refractivity contribution in [1.82, 2.24) is 5.32 Å². The summed E-state index contributed by atoms with van der Waals surface area (Å²) in [5.74, 6) is 0.833. The van der Waals surface area contributed by atoms with E-state index in [0.717, 1.165) is 17.2 Å². The number of nitrogens with one attached hydrogen (secondary N) is 1. The quantitative estimate of drug-likeness (QED) is 0.899. The molecule has 1 heterocycles. The molecule has 0 bridgehead atoms. The molecule has 1 N–H and O–H groups in total. The number of amides is 1. The van der Waals surface area contributed by atoms with Crippen molar-refractivity contribution in [3.8, 4) is 0 Å². The molecule has 2 rings (SSSR count). The van der Waals surface area contributed by atoms with Gasteiger partial charge in [-0.3, -0.25) is 0 Å². The first-order valence-corrected chi connectivity index (χ1v) is 7.05. The van der Waals surface area contributed by atoms with Crippen LogP contribution in [0.2, 0.25) is 0 Å². The van der Waals surface area contributed by atoms with Gasteiger partial charge in [0.05, 0.1) is 6.04 Å². The zero-order valence-electron chi connectivity index (χ0n) is 13.3. The van der Waals surface area contributed by atoms with E-state index < -0.39 is 0 Å². The van der Waals surface area contributed by atoms with Gasteiger partial charge < -0.3 is 15.0 Å². The predicted octanol–water partition coefficient (Wildman–Crippen LogP) is 3.58. The van der Waals surface area contributed by atoms with Crippen molar-refractivity contribution in [2.24, 2.45) is 5.92 Å². The minimum absolute atomic E-state index is 0.0184. The van der Waals surface area contributed by atoms with E-state index in [4.69, 9.17) is 4.74 Å². The number of cyclic esters (lactones) is 1. The molecule has 112 valence electrons. The summed E-state index contributed by atoms with van der Waals surface area (Å²) in [6, 6.07) is 8.04. The first kappa shape index (κ1) is 16.3. The van der Waals surface area contributed by atoms with E-state index in [-0.39, 0.29) is 18.2 Å². The van der Waals surface area contributed by atoms with Gasteiger partial charge in [0.25, 0.3) is 0 Å². The lowest BCUT2D eigenvalue weighted by Crippen LogP contribution is -2.23. The average molecular weight is 278 g/mol. The lowest BCUT2D eigenvalue weighted by molar-refractivity contribution is 0.134. The maximum atomic E-state index is 11.1. The summed E-state index contributed by atoms with van der Waals surface area (Å²) in [6.07, 6.45) is -0.528. The molecule has 2 atom stereocenters. The Balaban J connectivity index is 0.000000444. The summed E-state index contributed by atoms with van der Waals surface area (Å²) < 4.78 is 5.23. The Bertz CT molecular complexity index is 441. The molecule has 0 spiro atoms. The Morgan fingerprint density at radius 2 is 1.85 bits per heavy atom. The molecule has 1 fully saturated rings. The second kappa shape index (κ2) is 7.17. The molecule has 4 heteroatoms. The SMILES string of the molecule is CC(C)C.C[C@@H]1NC(=O)O[C@@H]1c1cccc(N(C)C)c1. The first-order valence-electron chi connectivity index (χ1n) is 7.05. The van der Waals surface area contributed by atoms with Crippen LogP contribution in [-0.2, 0) is 4.74 Å². The van der Waals surface area contributed by atoms with Crippen molar-refractivity contribution in [1.29, 1.82) is 0 Å². The fraction of sp³-hybridized carbons (Fsp3) is 0.562. The third-order valence-electron chi connectivity index (χ3n) is 2.75. The molecule has 0 saturated carbocycles. The molecule has 1 aliphatic heterocycles. The molecule has 1 aromatic carbocycles. The van der Waals surface area contributed by atoms with Gasteiger partial charge in [0.2, 0.25) is 0 Å². The Morgan fingerprint density at radius 1 is 1.25 bits per heavy atom. The van der Waals surface area contributed by atoms with E-state index in [1.165, 1.54) is 0 Å². The first-order chi connectivity index (χ1) is 9.31. The van der Waals surface area contributed by atoms with E-state index in [1.54, 1.807) is 0 Å². The van der Waals surface area contributed by atoms with Crippen LogP contribution in [0.1, 0.15) is 39.4 Å². The van der Waals surface area contributed by atoms with Gasteiger partial charge in [0.1, 0.15) is 6.10 Å². The second-order valence-electron chi connectivity index (χ2n) is 5.98. The van der Waals surface area contributed by atoms with Gasteiger partial charge >= 0.3 is 6.09 Å². The minimum Gasteiger partial charge on any atom is -0.439 e. The Morgan fingerprint density at radius 3 is 2.30 bits per heavy atom. The largest absolute Gasteiger partial charge is 0.439 e. The monoisotopic (exact) mass is 278 g/mol. The molecular formula is C16H26N2O2.